The van der Waals surface area contributed by atoms with Gasteiger partial charge in [-0.3, -0.25) is 4.79 Å². The lowest BCUT2D eigenvalue weighted by atomic mass is 10.2. The van der Waals surface area contributed by atoms with E-state index in [-0.39, 0.29) is 5.91 Å². The highest BCUT2D eigenvalue weighted by molar-refractivity contribution is 5.92. The molecule has 9 heteroatoms. The summed E-state index contributed by atoms with van der Waals surface area (Å²) in [6, 6.07) is 13.2. The Morgan fingerprint density at radius 1 is 1.07 bits per heavy atom. The summed E-state index contributed by atoms with van der Waals surface area (Å²) < 4.78 is 6.86. The second-order valence-corrected chi connectivity index (χ2v) is 6.94. The molecule has 4 rings (SSSR count). The van der Waals surface area contributed by atoms with Crippen molar-refractivity contribution in [2.45, 2.75) is 13.0 Å². The zero-order chi connectivity index (χ0) is 20.9. The molecule has 1 fully saturated rings. The summed E-state index contributed by atoms with van der Waals surface area (Å²) in [5.74, 6) is -0.331. The first-order valence-corrected chi connectivity index (χ1v) is 9.72. The van der Waals surface area contributed by atoms with Gasteiger partial charge in [-0.05, 0) is 31.2 Å². The summed E-state index contributed by atoms with van der Waals surface area (Å²) in [5, 5.41) is 3.99. The Labute approximate surface area is 173 Å². The molecule has 1 aliphatic rings. The highest BCUT2D eigenvalue weighted by Gasteiger charge is 2.27. The van der Waals surface area contributed by atoms with Crippen molar-refractivity contribution in [3.63, 3.8) is 0 Å². The average molecular weight is 406 g/mol. The van der Waals surface area contributed by atoms with Gasteiger partial charge >= 0.3 is 5.97 Å². The van der Waals surface area contributed by atoms with Gasteiger partial charge < -0.3 is 14.5 Å². The van der Waals surface area contributed by atoms with Gasteiger partial charge in [0.15, 0.2) is 11.9 Å². The summed E-state index contributed by atoms with van der Waals surface area (Å²) in [6.45, 7) is 4.25. The number of nitrogens with zero attached hydrogens (tertiary/aromatic N) is 6. The normalized spacial score (nSPS) is 15.0. The van der Waals surface area contributed by atoms with Crippen LogP contribution in [0.15, 0.2) is 61.3 Å². The van der Waals surface area contributed by atoms with Crippen LogP contribution in [0.5, 0.6) is 0 Å². The largest absolute Gasteiger partial charge is 0.449 e. The topological polar surface area (TPSA) is 93.4 Å². The van der Waals surface area contributed by atoms with Gasteiger partial charge in [-0.1, -0.05) is 18.2 Å². The Morgan fingerprint density at radius 3 is 2.53 bits per heavy atom. The summed E-state index contributed by atoms with van der Waals surface area (Å²) in [5.41, 5.74) is 1.44. The number of aromatic nitrogens is 4. The molecule has 0 aliphatic carbocycles. The number of hydrogen-bond acceptors (Lipinski definition) is 7. The molecule has 1 aromatic carbocycles. The van der Waals surface area contributed by atoms with E-state index in [1.807, 2.05) is 18.2 Å². The van der Waals surface area contributed by atoms with Gasteiger partial charge in [-0.25, -0.2) is 19.4 Å². The first-order valence-electron chi connectivity index (χ1n) is 9.72. The van der Waals surface area contributed by atoms with Crippen LogP contribution in [0.25, 0.3) is 5.82 Å². The SMILES string of the molecule is C[C@@H](OC(=O)c1ccnc(-n2cncn2)c1)C(=O)N1CCN(c2ccccc2)CC1. The minimum atomic E-state index is -0.872. The van der Waals surface area contributed by atoms with Crippen molar-refractivity contribution in [2.24, 2.45) is 0 Å². The molecule has 3 aromatic rings. The lowest BCUT2D eigenvalue weighted by Crippen LogP contribution is -2.51. The molecule has 30 heavy (non-hydrogen) atoms. The van der Waals surface area contributed by atoms with E-state index < -0.39 is 12.1 Å². The fourth-order valence-electron chi connectivity index (χ4n) is 3.36. The molecule has 9 nitrogen and oxygen atoms in total. The number of para-hydroxylation sites is 1. The molecule has 2 aromatic heterocycles. The van der Waals surface area contributed by atoms with Crippen LogP contribution in [-0.2, 0) is 9.53 Å². The number of pyridine rings is 1. The maximum Gasteiger partial charge on any atom is 0.339 e. The quantitative estimate of drug-likeness (QED) is 0.594. The zero-order valence-electron chi connectivity index (χ0n) is 16.6. The predicted octanol–water partition coefficient (Wildman–Crippen LogP) is 1.56. The lowest BCUT2D eigenvalue weighted by molar-refractivity contribution is -0.140. The maximum atomic E-state index is 12.8. The fraction of sp³-hybridized carbons (Fsp3) is 0.286. The molecular weight excluding hydrogens is 384 g/mol. The second kappa shape index (κ2) is 8.73. The molecule has 0 bridgehead atoms. The molecule has 154 valence electrons. The van der Waals surface area contributed by atoms with Crippen molar-refractivity contribution in [3.05, 3.63) is 66.9 Å². The first kappa shape index (κ1) is 19.6. The lowest BCUT2D eigenvalue weighted by Gasteiger charge is -2.37. The fourth-order valence-corrected chi connectivity index (χ4v) is 3.36. The number of piperazine rings is 1. The molecule has 0 spiro atoms. The summed E-state index contributed by atoms with van der Waals surface area (Å²) in [4.78, 5) is 37.3. The molecular formula is C21H22N6O3. The van der Waals surface area contributed by atoms with E-state index in [1.54, 1.807) is 24.0 Å². The highest BCUT2D eigenvalue weighted by Crippen LogP contribution is 2.16. The number of ether oxygens (including phenoxy) is 1. The molecule has 0 saturated carbocycles. The van der Waals surface area contributed by atoms with Crippen LogP contribution in [-0.4, -0.2) is 68.8 Å². The molecule has 1 saturated heterocycles. The average Bonchev–Trinajstić information content (AvgIpc) is 3.34. The molecule has 1 aliphatic heterocycles. The van der Waals surface area contributed by atoms with E-state index in [0.717, 1.165) is 18.8 Å². The van der Waals surface area contributed by atoms with Crippen molar-refractivity contribution in [2.75, 3.05) is 31.1 Å². The summed E-state index contributed by atoms with van der Waals surface area (Å²) in [6.07, 6.45) is 3.48. The van der Waals surface area contributed by atoms with Gasteiger partial charge in [0.1, 0.15) is 12.7 Å². The Morgan fingerprint density at radius 2 is 1.83 bits per heavy atom. The van der Waals surface area contributed by atoms with Crippen molar-refractivity contribution in [1.82, 2.24) is 24.6 Å². The van der Waals surface area contributed by atoms with E-state index in [2.05, 4.69) is 32.1 Å². The Balaban J connectivity index is 1.34. The third-order valence-corrected chi connectivity index (χ3v) is 4.98. The van der Waals surface area contributed by atoms with E-state index in [4.69, 9.17) is 4.74 Å². The van der Waals surface area contributed by atoms with Crippen molar-refractivity contribution < 1.29 is 14.3 Å². The van der Waals surface area contributed by atoms with Crippen LogP contribution in [0.1, 0.15) is 17.3 Å². The van der Waals surface area contributed by atoms with Crippen molar-refractivity contribution in [3.8, 4) is 5.82 Å². The summed E-state index contributed by atoms with van der Waals surface area (Å²) >= 11 is 0. The molecule has 1 amide bonds. The number of esters is 1. The van der Waals surface area contributed by atoms with Crippen LogP contribution >= 0.6 is 0 Å². The van der Waals surface area contributed by atoms with E-state index in [0.29, 0.717) is 24.5 Å². The van der Waals surface area contributed by atoms with E-state index in [9.17, 15) is 9.59 Å². The van der Waals surface area contributed by atoms with Crippen LogP contribution in [0.4, 0.5) is 5.69 Å². The van der Waals surface area contributed by atoms with Crippen molar-refractivity contribution >= 4 is 17.6 Å². The van der Waals surface area contributed by atoms with Crippen LogP contribution in [0.3, 0.4) is 0 Å². The number of anilines is 1. The van der Waals surface area contributed by atoms with Gasteiger partial charge in [0.05, 0.1) is 5.56 Å². The maximum absolute atomic E-state index is 12.8. The molecule has 0 radical (unpaired) electrons. The predicted molar refractivity (Wildman–Crippen MR) is 109 cm³/mol. The minimum Gasteiger partial charge on any atom is -0.449 e. The van der Waals surface area contributed by atoms with Gasteiger partial charge in [0.2, 0.25) is 0 Å². The first-order chi connectivity index (χ1) is 14.6. The number of amides is 1. The standard InChI is InChI=1S/C21H22N6O3/c1-16(20(28)26-11-9-25(10-12-26)18-5-3-2-4-6-18)30-21(29)17-7-8-23-19(13-17)27-15-22-14-24-27/h2-8,13-16H,9-12H2,1H3/t16-/m1/s1. The smallest absolute Gasteiger partial charge is 0.339 e. The van der Waals surface area contributed by atoms with Gasteiger partial charge in [-0.15, -0.1) is 0 Å². The summed E-state index contributed by atoms with van der Waals surface area (Å²) in [7, 11) is 0. The molecule has 1 atom stereocenters. The van der Waals surface area contributed by atoms with Gasteiger partial charge in [-0.2, -0.15) is 5.10 Å². The monoisotopic (exact) mass is 406 g/mol. The Kier molecular flexibility index (Phi) is 5.69. The number of carbonyl (C=O) groups is 2. The van der Waals surface area contributed by atoms with Crippen LogP contribution in [0, 0.1) is 0 Å². The Hall–Kier alpha value is -3.75. The van der Waals surface area contributed by atoms with Crippen molar-refractivity contribution in [1.29, 1.82) is 0 Å². The van der Waals surface area contributed by atoms with E-state index >= 15 is 0 Å². The highest BCUT2D eigenvalue weighted by atomic mass is 16.5. The molecule has 0 unspecified atom stereocenters. The number of rotatable bonds is 5. The number of carbonyl (C=O) groups excluding carboxylic acids is 2. The van der Waals surface area contributed by atoms with Crippen LogP contribution < -0.4 is 4.90 Å². The van der Waals surface area contributed by atoms with Crippen LogP contribution in [0.2, 0.25) is 0 Å². The van der Waals surface area contributed by atoms with E-state index in [1.165, 1.54) is 23.5 Å². The number of hydrogen-bond donors (Lipinski definition) is 0. The second-order valence-electron chi connectivity index (χ2n) is 6.94. The molecule has 3 heterocycles. The third kappa shape index (κ3) is 4.29. The Bertz CT molecular complexity index is 1000. The molecule has 0 N–H and O–H groups in total. The number of benzene rings is 1. The zero-order valence-corrected chi connectivity index (χ0v) is 16.6. The van der Waals surface area contributed by atoms with Gasteiger partial charge in [0, 0.05) is 38.1 Å². The third-order valence-electron chi connectivity index (χ3n) is 4.98. The van der Waals surface area contributed by atoms with Gasteiger partial charge in [0.25, 0.3) is 5.91 Å². The minimum absolute atomic E-state index is 0.193.